The summed E-state index contributed by atoms with van der Waals surface area (Å²) in [5, 5.41) is 1.69. The Bertz CT molecular complexity index is 599. The van der Waals surface area contributed by atoms with Crippen LogP contribution in [-0.2, 0) is 5.33 Å². The van der Waals surface area contributed by atoms with Crippen molar-refractivity contribution in [2.75, 3.05) is 0 Å². The number of alkyl halides is 1. The maximum absolute atomic E-state index is 13.4. The molecule has 0 saturated heterocycles. The topological polar surface area (TPSA) is 0 Å². The zero-order valence-electron chi connectivity index (χ0n) is 8.98. The summed E-state index contributed by atoms with van der Waals surface area (Å²) in [6.07, 6.45) is 0. The standard InChI is InChI=1S/C13H7BrCl3F/c14-6-8-5-7(1-4-11(8)18)12-9(15)2-3-10(16)13(12)17/h1-5H,6H2. The molecular formula is C13H7BrCl3F. The van der Waals surface area contributed by atoms with Crippen molar-refractivity contribution in [1.82, 2.24) is 0 Å². The number of rotatable bonds is 2. The van der Waals surface area contributed by atoms with Crippen LogP contribution in [-0.4, -0.2) is 0 Å². The van der Waals surface area contributed by atoms with Crippen LogP contribution in [0.4, 0.5) is 4.39 Å². The zero-order valence-corrected chi connectivity index (χ0v) is 12.8. The van der Waals surface area contributed by atoms with Crippen LogP contribution in [0.15, 0.2) is 30.3 Å². The van der Waals surface area contributed by atoms with Crippen LogP contribution in [0, 0.1) is 5.82 Å². The molecule has 0 N–H and O–H groups in total. The smallest absolute Gasteiger partial charge is 0.127 e. The fourth-order valence-corrected chi connectivity index (χ4v) is 2.80. The number of hydrogen-bond acceptors (Lipinski definition) is 0. The molecule has 0 unspecified atom stereocenters. The van der Waals surface area contributed by atoms with Gasteiger partial charge in [0.15, 0.2) is 0 Å². The maximum atomic E-state index is 13.4. The summed E-state index contributed by atoms with van der Waals surface area (Å²) in [5.74, 6) is -0.273. The molecule has 94 valence electrons. The largest absolute Gasteiger partial charge is 0.207 e. The quantitative estimate of drug-likeness (QED) is 0.428. The van der Waals surface area contributed by atoms with E-state index in [0.29, 0.717) is 31.5 Å². The van der Waals surface area contributed by atoms with Crippen LogP contribution in [0.1, 0.15) is 5.56 Å². The van der Waals surface area contributed by atoms with Crippen molar-refractivity contribution in [2.24, 2.45) is 0 Å². The molecule has 2 aromatic carbocycles. The predicted octanol–water partition coefficient (Wildman–Crippen LogP) is 6.35. The SMILES string of the molecule is Fc1ccc(-c2c(Cl)ccc(Cl)c2Cl)cc1CBr. The van der Waals surface area contributed by atoms with Crippen molar-refractivity contribution in [3.05, 3.63) is 56.8 Å². The summed E-state index contributed by atoms with van der Waals surface area (Å²) >= 11 is 21.5. The lowest BCUT2D eigenvalue weighted by atomic mass is 10.0. The molecule has 0 radical (unpaired) electrons. The highest BCUT2D eigenvalue weighted by molar-refractivity contribution is 9.08. The Labute approximate surface area is 128 Å². The minimum Gasteiger partial charge on any atom is -0.207 e. The lowest BCUT2D eigenvalue weighted by molar-refractivity contribution is 0.618. The van der Waals surface area contributed by atoms with Crippen LogP contribution in [0.2, 0.25) is 15.1 Å². The lowest BCUT2D eigenvalue weighted by Crippen LogP contribution is -1.89. The van der Waals surface area contributed by atoms with Crippen LogP contribution in [0.5, 0.6) is 0 Å². The molecule has 5 heteroatoms. The molecule has 18 heavy (non-hydrogen) atoms. The van der Waals surface area contributed by atoms with E-state index in [1.165, 1.54) is 6.07 Å². The van der Waals surface area contributed by atoms with Crippen molar-refractivity contribution >= 4 is 50.7 Å². The molecule has 0 spiro atoms. The van der Waals surface area contributed by atoms with Gasteiger partial charge in [-0.25, -0.2) is 4.39 Å². The Kier molecular flexibility index (Phi) is 4.54. The van der Waals surface area contributed by atoms with Crippen LogP contribution in [0.3, 0.4) is 0 Å². The van der Waals surface area contributed by atoms with Gasteiger partial charge in [-0.05, 0) is 35.4 Å². The molecule has 0 atom stereocenters. The fourth-order valence-electron chi connectivity index (χ4n) is 1.62. The molecule has 2 rings (SSSR count). The monoisotopic (exact) mass is 366 g/mol. The van der Waals surface area contributed by atoms with E-state index in [0.717, 1.165) is 5.56 Å². The normalized spacial score (nSPS) is 10.7. The van der Waals surface area contributed by atoms with E-state index >= 15 is 0 Å². The van der Waals surface area contributed by atoms with Crippen molar-refractivity contribution in [1.29, 1.82) is 0 Å². The first-order chi connectivity index (χ1) is 8.54. The van der Waals surface area contributed by atoms with E-state index in [-0.39, 0.29) is 5.82 Å². The lowest BCUT2D eigenvalue weighted by Gasteiger charge is -2.10. The Morgan fingerprint density at radius 2 is 1.67 bits per heavy atom. The van der Waals surface area contributed by atoms with E-state index in [4.69, 9.17) is 34.8 Å². The summed E-state index contributed by atoms with van der Waals surface area (Å²) in [4.78, 5) is 0. The van der Waals surface area contributed by atoms with Gasteiger partial charge in [-0.2, -0.15) is 0 Å². The highest BCUT2D eigenvalue weighted by atomic mass is 79.9. The minimum absolute atomic E-state index is 0.273. The van der Waals surface area contributed by atoms with Crippen molar-refractivity contribution in [3.8, 4) is 11.1 Å². The second-order valence-corrected chi connectivity index (χ2v) is 5.41. The average Bonchev–Trinajstić information content (AvgIpc) is 2.36. The van der Waals surface area contributed by atoms with Crippen molar-refractivity contribution in [3.63, 3.8) is 0 Å². The minimum atomic E-state index is -0.273. The van der Waals surface area contributed by atoms with Crippen molar-refractivity contribution in [2.45, 2.75) is 5.33 Å². The number of halogens is 5. The van der Waals surface area contributed by atoms with Gasteiger partial charge < -0.3 is 0 Å². The molecule has 0 aliphatic heterocycles. The van der Waals surface area contributed by atoms with Gasteiger partial charge >= 0.3 is 0 Å². The first kappa shape index (κ1) is 14.1. The zero-order chi connectivity index (χ0) is 13.3. The Morgan fingerprint density at radius 1 is 1.00 bits per heavy atom. The van der Waals surface area contributed by atoms with Gasteiger partial charge in [0, 0.05) is 15.9 Å². The fraction of sp³-hybridized carbons (Fsp3) is 0.0769. The van der Waals surface area contributed by atoms with Gasteiger partial charge in [-0.1, -0.05) is 56.8 Å². The molecule has 0 fully saturated rings. The third kappa shape index (κ3) is 2.67. The van der Waals surface area contributed by atoms with Crippen LogP contribution < -0.4 is 0 Å². The van der Waals surface area contributed by atoms with Crippen LogP contribution >= 0.6 is 50.7 Å². The first-order valence-corrected chi connectivity index (χ1v) is 7.28. The summed E-state index contributed by atoms with van der Waals surface area (Å²) in [6, 6.07) is 8.02. The van der Waals surface area contributed by atoms with E-state index in [9.17, 15) is 4.39 Å². The summed E-state index contributed by atoms with van der Waals surface area (Å²) in [5.41, 5.74) is 1.90. The third-order valence-electron chi connectivity index (χ3n) is 2.52. The second kappa shape index (κ2) is 5.79. The molecule has 0 nitrogen and oxygen atoms in total. The van der Waals surface area contributed by atoms with Gasteiger partial charge in [0.1, 0.15) is 5.82 Å². The highest BCUT2D eigenvalue weighted by Gasteiger charge is 2.13. The average molecular weight is 368 g/mol. The maximum Gasteiger partial charge on any atom is 0.127 e. The summed E-state index contributed by atoms with van der Waals surface area (Å²) < 4.78 is 13.4. The van der Waals surface area contributed by atoms with E-state index in [1.54, 1.807) is 24.3 Å². The van der Waals surface area contributed by atoms with Crippen LogP contribution in [0.25, 0.3) is 11.1 Å². The number of benzene rings is 2. The third-order valence-corrected chi connectivity index (χ3v) is 4.25. The van der Waals surface area contributed by atoms with Gasteiger partial charge in [0.2, 0.25) is 0 Å². The summed E-state index contributed by atoms with van der Waals surface area (Å²) in [7, 11) is 0. The summed E-state index contributed by atoms with van der Waals surface area (Å²) in [6.45, 7) is 0. The molecule has 0 bridgehead atoms. The number of hydrogen-bond donors (Lipinski definition) is 0. The molecular weight excluding hydrogens is 361 g/mol. The van der Waals surface area contributed by atoms with Gasteiger partial charge in [-0.15, -0.1) is 0 Å². The van der Waals surface area contributed by atoms with Gasteiger partial charge in [0.25, 0.3) is 0 Å². The Morgan fingerprint density at radius 3 is 2.33 bits per heavy atom. The second-order valence-electron chi connectivity index (χ2n) is 3.66. The molecule has 0 heterocycles. The molecule has 0 amide bonds. The van der Waals surface area contributed by atoms with Gasteiger partial charge in [0.05, 0.1) is 10.0 Å². The van der Waals surface area contributed by atoms with E-state index in [2.05, 4.69) is 15.9 Å². The molecule has 0 aliphatic carbocycles. The van der Waals surface area contributed by atoms with Gasteiger partial charge in [-0.3, -0.25) is 0 Å². The van der Waals surface area contributed by atoms with E-state index < -0.39 is 0 Å². The highest BCUT2D eigenvalue weighted by Crippen LogP contribution is 2.39. The Balaban J connectivity index is 2.65. The molecule has 0 aromatic heterocycles. The van der Waals surface area contributed by atoms with E-state index in [1.807, 2.05) is 0 Å². The molecule has 0 saturated carbocycles. The molecule has 0 aliphatic rings. The predicted molar refractivity (Wildman–Crippen MR) is 79.5 cm³/mol. The van der Waals surface area contributed by atoms with Crippen molar-refractivity contribution < 1.29 is 4.39 Å². The Hall–Kier alpha value is -0.280. The molecule has 2 aromatic rings. The first-order valence-electron chi connectivity index (χ1n) is 5.03.